The average Bonchev–Trinajstić information content (AvgIpc) is 2.36. The normalized spacial score (nSPS) is 26.4. The highest BCUT2D eigenvalue weighted by Crippen LogP contribution is 2.30. The molecular formula is C10H12N2O3S. The van der Waals surface area contributed by atoms with Gasteiger partial charge in [0.05, 0.1) is 19.8 Å². The highest BCUT2D eigenvalue weighted by molar-refractivity contribution is 7.83. The van der Waals surface area contributed by atoms with Crippen LogP contribution in [-0.2, 0) is 15.7 Å². The lowest BCUT2D eigenvalue weighted by molar-refractivity contribution is -0.158. The summed E-state index contributed by atoms with van der Waals surface area (Å²) < 4.78 is 25.8. The number of ether oxygens (including phenoxy) is 2. The molecule has 1 fully saturated rings. The van der Waals surface area contributed by atoms with Crippen LogP contribution in [0.25, 0.3) is 0 Å². The summed E-state index contributed by atoms with van der Waals surface area (Å²) in [6.07, 6.45) is 1.72. The Hall–Kier alpha value is -0.980. The molecular weight excluding hydrogens is 228 g/mol. The zero-order valence-electron chi connectivity index (χ0n) is 8.86. The number of aromatic nitrogens is 1. The molecule has 1 aromatic rings. The largest absolute Gasteiger partial charge is 0.464 e. The molecule has 0 aromatic carbocycles. The minimum atomic E-state index is -1.25. The number of nitrogens with zero attached hydrogens (tertiary/aromatic N) is 1. The van der Waals surface area contributed by atoms with Crippen LogP contribution in [0.3, 0.4) is 0 Å². The summed E-state index contributed by atoms with van der Waals surface area (Å²) in [5.41, 5.74) is 0.585. The lowest BCUT2D eigenvalue weighted by atomic mass is 10.0. The van der Waals surface area contributed by atoms with Crippen LogP contribution < -0.4 is 9.46 Å². The third-order valence-electron chi connectivity index (χ3n) is 2.72. The van der Waals surface area contributed by atoms with Crippen molar-refractivity contribution in [3.63, 3.8) is 0 Å². The van der Waals surface area contributed by atoms with Crippen molar-refractivity contribution in [3.8, 4) is 5.88 Å². The van der Waals surface area contributed by atoms with Gasteiger partial charge >= 0.3 is 0 Å². The Bertz CT molecular complexity index is 459. The predicted molar refractivity (Wildman–Crippen MR) is 57.6 cm³/mol. The fourth-order valence-corrected chi connectivity index (χ4v) is 2.84. The standard InChI is InChI=1S/C10H12N2O3S/c1-7-2-8-9(11-3-7)15-10(5-14-6-10)4-12-16(8)13/h2-3,12H,4-6H2,1H3. The van der Waals surface area contributed by atoms with Crippen LogP contribution in [0, 0.1) is 6.92 Å². The Kier molecular flexibility index (Phi) is 2.24. The van der Waals surface area contributed by atoms with E-state index in [2.05, 4.69) is 9.71 Å². The van der Waals surface area contributed by atoms with E-state index in [-0.39, 0.29) is 5.60 Å². The topological polar surface area (TPSA) is 60.5 Å². The summed E-state index contributed by atoms with van der Waals surface area (Å²) in [6.45, 7) is 3.48. The highest BCUT2D eigenvalue weighted by atomic mass is 32.2. The molecule has 86 valence electrons. The van der Waals surface area contributed by atoms with Crippen molar-refractivity contribution in [1.29, 1.82) is 0 Å². The number of hydrogen-bond acceptors (Lipinski definition) is 4. The van der Waals surface area contributed by atoms with Crippen LogP contribution in [0.15, 0.2) is 17.2 Å². The SMILES string of the molecule is Cc1cnc2c(c1)S(=O)NCC1(COC1)O2. The van der Waals surface area contributed by atoms with Gasteiger partial charge in [-0.05, 0) is 18.6 Å². The fourth-order valence-electron chi connectivity index (χ4n) is 1.75. The van der Waals surface area contributed by atoms with Gasteiger partial charge in [0, 0.05) is 6.20 Å². The van der Waals surface area contributed by atoms with Gasteiger partial charge in [-0.2, -0.15) is 0 Å². The van der Waals surface area contributed by atoms with Gasteiger partial charge in [-0.25, -0.2) is 13.9 Å². The zero-order chi connectivity index (χ0) is 11.2. The molecule has 3 heterocycles. The number of pyridine rings is 1. The molecule has 0 radical (unpaired) electrons. The van der Waals surface area contributed by atoms with Crippen molar-refractivity contribution in [2.45, 2.75) is 17.4 Å². The van der Waals surface area contributed by atoms with Crippen LogP contribution in [0.1, 0.15) is 5.56 Å². The van der Waals surface area contributed by atoms with Crippen molar-refractivity contribution in [2.75, 3.05) is 19.8 Å². The van der Waals surface area contributed by atoms with Gasteiger partial charge in [0.15, 0.2) is 5.60 Å². The van der Waals surface area contributed by atoms with Crippen molar-refractivity contribution in [1.82, 2.24) is 9.71 Å². The maximum atomic E-state index is 11.9. The van der Waals surface area contributed by atoms with E-state index >= 15 is 0 Å². The number of fused-ring (bicyclic) bond motifs is 1. The third-order valence-corrected chi connectivity index (χ3v) is 3.82. The van der Waals surface area contributed by atoms with Gasteiger partial charge in [0.25, 0.3) is 0 Å². The number of nitrogens with one attached hydrogen (secondary N) is 1. The van der Waals surface area contributed by atoms with Gasteiger partial charge in [-0.1, -0.05) is 0 Å². The Morgan fingerprint density at radius 3 is 3.06 bits per heavy atom. The third kappa shape index (κ3) is 1.53. The average molecular weight is 240 g/mol. The monoisotopic (exact) mass is 240 g/mol. The number of aryl methyl sites for hydroxylation is 1. The van der Waals surface area contributed by atoms with E-state index in [1.54, 1.807) is 6.20 Å². The first kappa shape index (κ1) is 10.2. The molecule has 16 heavy (non-hydrogen) atoms. The second-order valence-corrected chi connectivity index (χ2v) is 5.45. The number of hydrogen-bond donors (Lipinski definition) is 1. The first-order chi connectivity index (χ1) is 7.69. The summed E-state index contributed by atoms with van der Waals surface area (Å²) in [4.78, 5) is 4.81. The van der Waals surface area contributed by atoms with Gasteiger partial charge < -0.3 is 9.47 Å². The maximum Gasteiger partial charge on any atom is 0.232 e. The Morgan fingerprint density at radius 2 is 2.38 bits per heavy atom. The van der Waals surface area contributed by atoms with Crippen LogP contribution in [0.4, 0.5) is 0 Å². The molecule has 0 aliphatic carbocycles. The van der Waals surface area contributed by atoms with E-state index in [0.717, 1.165) is 5.56 Å². The van der Waals surface area contributed by atoms with E-state index in [4.69, 9.17) is 9.47 Å². The predicted octanol–water partition coefficient (Wildman–Crippen LogP) is 0.164. The molecule has 3 rings (SSSR count). The Labute approximate surface area is 95.8 Å². The van der Waals surface area contributed by atoms with E-state index in [1.165, 1.54) is 0 Å². The van der Waals surface area contributed by atoms with E-state index in [9.17, 15) is 4.21 Å². The van der Waals surface area contributed by atoms with Crippen LogP contribution in [0.5, 0.6) is 5.88 Å². The molecule has 0 amide bonds. The van der Waals surface area contributed by atoms with Crippen molar-refractivity contribution in [2.24, 2.45) is 0 Å². The second-order valence-electron chi connectivity index (χ2n) is 4.18. The lowest BCUT2D eigenvalue weighted by Gasteiger charge is -2.39. The van der Waals surface area contributed by atoms with Crippen LogP contribution in [-0.4, -0.2) is 34.6 Å². The van der Waals surface area contributed by atoms with E-state index in [1.807, 2.05) is 13.0 Å². The summed E-state index contributed by atoms with van der Waals surface area (Å²) in [6, 6.07) is 1.84. The van der Waals surface area contributed by atoms with Crippen LogP contribution in [0.2, 0.25) is 0 Å². The summed E-state index contributed by atoms with van der Waals surface area (Å²) in [5.74, 6) is 0.456. The molecule has 2 aliphatic heterocycles. The number of rotatable bonds is 0. The molecule has 0 saturated carbocycles. The van der Waals surface area contributed by atoms with Crippen molar-refractivity contribution in [3.05, 3.63) is 17.8 Å². The quantitative estimate of drug-likeness (QED) is 0.702. The molecule has 1 aromatic heterocycles. The second kappa shape index (κ2) is 3.51. The minimum absolute atomic E-state index is 0.386. The molecule has 2 aliphatic rings. The van der Waals surface area contributed by atoms with Gasteiger partial charge in [0.2, 0.25) is 5.88 Å². The van der Waals surface area contributed by atoms with Crippen LogP contribution >= 0.6 is 0 Å². The summed E-state index contributed by atoms with van der Waals surface area (Å²) in [5, 5.41) is 0. The Morgan fingerprint density at radius 1 is 1.56 bits per heavy atom. The highest BCUT2D eigenvalue weighted by Gasteiger charge is 2.44. The van der Waals surface area contributed by atoms with Gasteiger partial charge in [-0.15, -0.1) is 0 Å². The smallest absolute Gasteiger partial charge is 0.232 e. The molecule has 1 spiro atoms. The molecule has 1 saturated heterocycles. The lowest BCUT2D eigenvalue weighted by Crippen LogP contribution is -2.59. The van der Waals surface area contributed by atoms with Gasteiger partial charge in [0.1, 0.15) is 15.9 Å². The molecule has 1 N–H and O–H groups in total. The van der Waals surface area contributed by atoms with E-state index in [0.29, 0.717) is 30.5 Å². The minimum Gasteiger partial charge on any atom is -0.464 e. The first-order valence-electron chi connectivity index (χ1n) is 5.07. The molecule has 6 heteroatoms. The first-order valence-corrected chi connectivity index (χ1v) is 6.22. The van der Waals surface area contributed by atoms with Crippen molar-refractivity contribution < 1.29 is 13.7 Å². The summed E-state index contributed by atoms with van der Waals surface area (Å²) >= 11 is 0. The van der Waals surface area contributed by atoms with E-state index < -0.39 is 11.0 Å². The van der Waals surface area contributed by atoms with Crippen molar-refractivity contribution >= 4 is 11.0 Å². The maximum absolute atomic E-state index is 11.9. The Balaban J connectivity index is 2.03. The molecule has 0 bridgehead atoms. The van der Waals surface area contributed by atoms with Gasteiger partial charge in [-0.3, -0.25) is 0 Å². The summed E-state index contributed by atoms with van der Waals surface area (Å²) in [7, 11) is -1.25. The molecule has 1 unspecified atom stereocenters. The molecule has 5 nitrogen and oxygen atoms in total. The molecule has 1 atom stereocenters. The fraction of sp³-hybridized carbons (Fsp3) is 0.500. The zero-order valence-corrected chi connectivity index (χ0v) is 9.67.